The van der Waals surface area contributed by atoms with Crippen LogP contribution < -0.4 is 5.73 Å². The van der Waals surface area contributed by atoms with Crippen LogP contribution in [0, 0.1) is 0 Å². The van der Waals surface area contributed by atoms with Crippen molar-refractivity contribution in [3.8, 4) is 0 Å². The summed E-state index contributed by atoms with van der Waals surface area (Å²) in [5.41, 5.74) is 5.75. The highest BCUT2D eigenvalue weighted by Crippen LogP contribution is 2.07. The monoisotopic (exact) mass is 177 g/mol. The maximum atomic E-state index is 10.1. The summed E-state index contributed by atoms with van der Waals surface area (Å²) in [6.45, 7) is 0. The zero-order chi connectivity index (χ0) is 8.27. The van der Waals surface area contributed by atoms with Gasteiger partial charge in [0.15, 0.2) is 6.23 Å². The fraction of sp³-hybridized carbons (Fsp3) is 0.250. The number of nitrogens with zero attached hydrogens (tertiary/aromatic N) is 1. The second-order valence-corrected chi connectivity index (χ2v) is 2.37. The van der Waals surface area contributed by atoms with Crippen molar-refractivity contribution in [2.24, 2.45) is 5.73 Å². The quantitative estimate of drug-likeness (QED) is 0.427. The predicted octanol–water partition coefficient (Wildman–Crippen LogP) is -0.480. The van der Waals surface area contributed by atoms with Crippen molar-refractivity contribution >= 4 is 11.4 Å². The molecule has 62 valence electrons. The van der Waals surface area contributed by atoms with Gasteiger partial charge in [-0.1, -0.05) is 0 Å². The third-order valence-electron chi connectivity index (χ3n) is 1.01. The Morgan fingerprint density at radius 1 is 1.91 bits per heavy atom. The molecule has 1 rings (SSSR count). The van der Waals surface area contributed by atoms with Crippen molar-refractivity contribution in [2.45, 2.75) is 6.23 Å². The minimum atomic E-state index is -2.35. The van der Waals surface area contributed by atoms with E-state index in [1.165, 1.54) is 6.20 Å². The number of aromatic nitrogens is 2. The molecule has 0 amide bonds. The smallest absolute Gasteiger partial charge is 0.300 e. The highest BCUT2D eigenvalue weighted by Gasteiger charge is 2.09. The lowest BCUT2D eigenvalue weighted by molar-refractivity contribution is 0.210. The number of H-pyrrole nitrogens is 1. The molecule has 7 heteroatoms. The second kappa shape index (κ2) is 3.58. The Morgan fingerprint density at radius 2 is 2.64 bits per heavy atom. The van der Waals surface area contributed by atoms with E-state index in [9.17, 15) is 4.21 Å². The van der Waals surface area contributed by atoms with Crippen LogP contribution in [0.2, 0.25) is 0 Å². The number of nitrogens with one attached hydrogen (secondary N) is 1. The Bertz CT molecular complexity index is 237. The third-order valence-corrected chi connectivity index (χ3v) is 1.39. The first-order valence-corrected chi connectivity index (χ1v) is 3.76. The lowest BCUT2D eigenvalue weighted by Gasteiger charge is -2.04. The Morgan fingerprint density at radius 3 is 3.09 bits per heavy atom. The fourth-order valence-electron chi connectivity index (χ4n) is 0.566. The zero-order valence-electron chi connectivity index (χ0n) is 5.43. The Hall–Kier alpha value is -0.760. The van der Waals surface area contributed by atoms with Crippen molar-refractivity contribution in [1.29, 1.82) is 0 Å². The number of aromatic amines is 1. The Balaban J connectivity index is 2.56. The Labute approximate surface area is 65.2 Å². The van der Waals surface area contributed by atoms with Crippen LogP contribution in [0.1, 0.15) is 11.9 Å². The van der Waals surface area contributed by atoms with Gasteiger partial charge in [0.1, 0.15) is 0 Å². The number of rotatable bonds is 3. The van der Waals surface area contributed by atoms with E-state index in [1.54, 1.807) is 6.07 Å². The summed E-state index contributed by atoms with van der Waals surface area (Å²) in [4.78, 5) is 0. The molecule has 0 radical (unpaired) electrons. The molecule has 11 heavy (non-hydrogen) atoms. The molecule has 0 bridgehead atoms. The third kappa shape index (κ3) is 2.39. The minimum Gasteiger partial charge on any atom is -0.300 e. The van der Waals surface area contributed by atoms with E-state index in [0.29, 0.717) is 5.69 Å². The topological polar surface area (TPSA) is 101 Å². The minimum absolute atomic E-state index is 0.451. The van der Waals surface area contributed by atoms with Crippen LogP contribution in [-0.2, 0) is 15.5 Å². The van der Waals surface area contributed by atoms with Gasteiger partial charge >= 0.3 is 11.4 Å². The van der Waals surface area contributed by atoms with Crippen LogP contribution in [0.5, 0.6) is 0 Å². The first-order valence-electron chi connectivity index (χ1n) is 2.73. The van der Waals surface area contributed by atoms with E-state index >= 15 is 0 Å². The average Bonchev–Trinajstić information content (AvgIpc) is 2.35. The standard InChI is InChI=1S/C4H7N3O3S/c5-4(10-11(8)9)3-1-2-6-7-3/h1-2,4H,5H2,(H,6,7)(H,8,9). The molecule has 0 spiro atoms. The largest absolute Gasteiger partial charge is 0.303 e. The van der Waals surface area contributed by atoms with Gasteiger partial charge in [0, 0.05) is 6.20 Å². The first kappa shape index (κ1) is 8.34. The van der Waals surface area contributed by atoms with Gasteiger partial charge < -0.3 is 0 Å². The zero-order valence-corrected chi connectivity index (χ0v) is 6.25. The van der Waals surface area contributed by atoms with E-state index < -0.39 is 17.6 Å². The van der Waals surface area contributed by atoms with Crippen molar-refractivity contribution in [2.75, 3.05) is 0 Å². The van der Waals surface area contributed by atoms with E-state index in [2.05, 4.69) is 14.4 Å². The van der Waals surface area contributed by atoms with E-state index in [-0.39, 0.29) is 0 Å². The summed E-state index contributed by atoms with van der Waals surface area (Å²) in [7, 11) is 0. The van der Waals surface area contributed by atoms with Crippen molar-refractivity contribution in [3.05, 3.63) is 18.0 Å². The first-order chi connectivity index (χ1) is 5.20. The van der Waals surface area contributed by atoms with Crippen LogP contribution in [0.25, 0.3) is 0 Å². The van der Waals surface area contributed by atoms with Gasteiger partial charge in [-0.15, -0.1) is 0 Å². The Kier molecular flexibility index (Phi) is 2.71. The van der Waals surface area contributed by atoms with Gasteiger partial charge in [-0.25, -0.2) is 4.18 Å². The van der Waals surface area contributed by atoms with E-state index in [4.69, 9.17) is 10.3 Å². The maximum absolute atomic E-state index is 10.1. The molecular weight excluding hydrogens is 170 g/mol. The number of hydrogen-bond acceptors (Lipinski definition) is 4. The summed E-state index contributed by atoms with van der Waals surface area (Å²) >= 11 is -2.35. The molecule has 0 aliphatic heterocycles. The van der Waals surface area contributed by atoms with Crippen molar-refractivity contribution in [3.63, 3.8) is 0 Å². The predicted molar refractivity (Wildman–Crippen MR) is 37.4 cm³/mol. The number of hydrogen-bond donors (Lipinski definition) is 3. The van der Waals surface area contributed by atoms with Gasteiger partial charge in [0.2, 0.25) is 0 Å². The van der Waals surface area contributed by atoms with Crippen molar-refractivity contribution in [1.82, 2.24) is 10.2 Å². The van der Waals surface area contributed by atoms with Crippen LogP contribution in [0.3, 0.4) is 0 Å². The molecule has 2 unspecified atom stereocenters. The lowest BCUT2D eigenvalue weighted by Crippen LogP contribution is -2.15. The molecule has 6 nitrogen and oxygen atoms in total. The van der Waals surface area contributed by atoms with Crippen LogP contribution >= 0.6 is 0 Å². The average molecular weight is 177 g/mol. The van der Waals surface area contributed by atoms with Gasteiger partial charge in [-0.05, 0) is 6.07 Å². The normalized spacial score (nSPS) is 16.2. The summed E-state index contributed by atoms with van der Waals surface area (Å²) in [5.74, 6) is 0. The molecule has 4 N–H and O–H groups in total. The van der Waals surface area contributed by atoms with E-state index in [1.807, 2.05) is 0 Å². The van der Waals surface area contributed by atoms with E-state index in [0.717, 1.165) is 0 Å². The summed E-state index contributed by atoms with van der Waals surface area (Å²) < 4.78 is 22.7. The second-order valence-electron chi connectivity index (χ2n) is 1.75. The maximum Gasteiger partial charge on any atom is 0.303 e. The molecule has 1 aromatic rings. The van der Waals surface area contributed by atoms with Crippen LogP contribution in [0.15, 0.2) is 12.3 Å². The molecule has 0 aliphatic rings. The fourth-order valence-corrected chi connectivity index (χ4v) is 0.847. The van der Waals surface area contributed by atoms with Crippen molar-refractivity contribution < 1.29 is 12.9 Å². The number of nitrogens with two attached hydrogens (primary N) is 1. The molecule has 0 saturated carbocycles. The molecule has 0 saturated heterocycles. The highest BCUT2D eigenvalue weighted by molar-refractivity contribution is 7.74. The molecule has 0 aromatic carbocycles. The SMILES string of the molecule is NC(OS(=O)O)c1ccn[nH]1. The van der Waals surface area contributed by atoms with Crippen LogP contribution in [0.4, 0.5) is 0 Å². The highest BCUT2D eigenvalue weighted by atomic mass is 32.2. The molecule has 0 fully saturated rings. The van der Waals surface area contributed by atoms with Crippen LogP contribution in [-0.4, -0.2) is 19.0 Å². The molecule has 1 heterocycles. The summed E-state index contributed by atoms with van der Waals surface area (Å²) in [5, 5.41) is 6.08. The van der Waals surface area contributed by atoms with Gasteiger partial charge in [-0.3, -0.25) is 15.4 Å². The lowest BCUT2D eigenvalue weighted by atomic mass is 10.4. The van der Waals surface area contributed by atoms with Gasteiger partial charge in [0.25, 0.3) is 0 Å². The summed E-state index contributed by atoms with van der Waals surface area (Å²) in [6.07, 6.45) is 0.530. The van der Waals surface area contributed by atoms with Gasteiger partial charge in [0.05, 0.1) is 5.69 Å². The molecular formula is C4H7N3O3S. The van der Waals surface area contributed by atoms with Gasteiger partial charge in [-0.2, -0.15) is 9.31 Å². The molecule has 0 aliphatic carbocycles. The molecule has 1 aromatic heterocycles. The molecule has 2 atom stereocenters. The summed E-state index contributed by atoms with van der Waals surface area (Å²) in [6, 6.07) is 1.55.